The summed E-state index contributed by atoms with van der Waals surface area (Å²) in [6.45, 7) is 3.73. The second-order valence-corrected chi connectivity index (χ2v) is 9.86. The molecule has 8 heteroatoms. The van der Waals surface area contributed by atoms with Gasteiger partial charge in [0.1, 0.15) is 5.54 Å². The number of nitrogens with zero attached hydrogens (tertiary/aromatic N) is 2. The van der Waals surface area contributed by atoms with E-state index in [0.29, 0.717) is 6.54 Å². The molecule has 0 aromatic heterocycles. The van der Waals surface area contributed by atoms with Gasteiger partial charge in [-0.2, -0.15) is 4.31 Å². The van der Waals surface area contributed by atoms with Gasteiger partial charge in [0, 0.05) is 19.6 Å². The molecular weight excluding hydrogens is 402 g/mol. The van der Waals surface area contributed by atoms with E-state index in [9.17, 15) is 18.0 Å². The number of aryl methyl sites for hydroxylation is 1. The summed E-state index contributed by atoms with van der Waals surface area (Å²) < 4.78 is 25.4. The molecule has 1 atom stereocenters. The first-order valence-corrected chi connectivity index (χ1v) is 11.6. The van der Waals surface area contributed by atoms with Crippen LogP contribution in [0.1, 0.15) is 23.6 Å². The number of benzene rings is 2. The molecule has 3 rings (SSSR count). The Bertz CT molecular complexity index is 1040. The fourth-order valence-corrected chi connectivity index (χ4v) is 4.44. The molecule has 0 spiro atoms. The average Bonchev–Trinajstić information content (AvgIpc) is 2.70. The topological polar surface area (TPSA) is 86.8 Å². The third-order valence-corrected chi connectivity index (χ3v) is 6.73. The lowest BCUT2D eigenvalue weighted by Gasteiger charge is -2.46. The second-order valence-electron chi connectivity index (χ2n) is 7.88. The van der Waals surface area contributed by atoms with Crippen molar-refractivity contribution in [2.24, 2.45) is 0 Å². The van der Waals surface area contributed by atoms with Crippen molar-refractivity contribution in [3.8, 4) is 0 Å². The van der Waals surface area contributed by atoms with Crippen molar-refractivity contribution in [1.82, 2.24) is 14.5 Å². The van der Waals surface area contributed by atoms with E-state index in [1.165, 1.54) is 4.90 Å². The molecule has 7 nitrogen and oxygen atoms in total. The number of hydrogen-bond acceptors (Lipinski definition) is 4. The number of nitrogens with one attached hydrogen (secondary N) is 1. The van der Waals surface area contributed by atoms with Gasteiger partial charge in [-0.15, -0.1) is 0 Å². The first-order valence-electron chi connectivity index (χ1n) is 9.73. The molecule has 2 aromatic rings. The molecule has 1 unspecified atom stereocenters. The molecule has 2 aromatic carbocycles. The van der Waals surface area contributed by atoms with Gasteiger partial charge in [-0.25, -0.2) is 8.42 Å². The van der Waals surface area contributed by atoms with Crippen molar-refractivity contribution in [3.63, 3.8) is 0 Å². The zero-order valence-corrected chi connectivity index (χ0v) is 18.3. The molecule has 1 aliphatic rings. The highest BCUT2D eigenvalue weighted by Crippen LogP contribution is 2.27. The van der Waals surface area contributed by atoms with E-state index in [1.54, 1.807) is 6.92 Å². The summed E-state index contributed by atoms with van der Waals surface area (Å²) in [4.78, 5) is 27.8. The molecule has 1 N–H and O–H groups in total. The van der Waals surface area contributed by atoms with Crippen molar-refractivity contribution in [3.05, 3.63) is 71.3 Å². The van der Waals surface area contributed by atoms with Crippen molar-refractivity contribution in [1.29, 1.82) is 0 Å². The van der Waals surface area contributed by atoms with Gasteiger partial charge in [-0.1, -0.05) is 54.6 Å². The molecule has 1 aliphatic heterocycles. The Hall–Kier alpha value is -2.71. The average molecular weight is 430 g/mol. The fraction of sp³-hybridized carbons (Fsp3) is 0.364. The molecule has 1 fully saturated rings. The smallest absolute Gasteiger partial charge is 0.247 e. The van der Waals surface area contributed by atoms with E-state index >= 15 is 0 Å². The standard InChI is InChI=1S/C22H27N3O4S/c1-17-9-7-8-12-19(17)14-25-20(26)15-24(30(3,28)29)16-22(25,2)21(27)23-13-18-10-5-4-6-11-18/h4-12H,13-16H2,1-3H3,(H,23,27). The van der Waals surface area contributed by atoms with Gasteiger partial charge >= 0.3 is 0 Å². The summed E-state index contributed by atoms with van der Waals surface area (Å²) >= 11 is 0. The Morgan fingerprint density at radius 1 is 1.10 bits per heavy atom. The predicted octanol–water partition coefficient (Wildman–Crippen LogP) is 1.67. The van der Waals surface area contributed by atoms with Crippen LogP contribution in [0.3, 0.4) is 0 Å². The summed E-state index contributed by atoms with van der Waals surface area (Å²) in [6, 6.07) is 17.1. The Morgan fingerprint density at radius 2 is 1.73 bits per heavy atom. The van der Waals surface area contributed by atoms with Crippen LogP contribution in [0.25, 0.3) is 0 Å². The quantitative estimate of drug-likeness (QED) is 0.757. The maximum absolute atomic E-state index is 13.3. The highest BCUT2D eigenvalue weighted by atomic mass is 32.2. The lowest BCUT2D eigenvalue weighted by Crippen LogP contribution is -2.69. The van der Waals surface area contributed by atoms with Crippen LogP contribution in [0.2, 0.25) is 0 Å². The summed E-state index contributed by atoms with van der Waals surface area (Å²) in [5.74, 6) is -0.783. The molecular formula is C22H27N3O4S. The molecule has 2 amide bonds. The zero-order valence-electron chi connectivity index (χ0n) is 17.5. The Labute approximate surface area is 177 Å². The third-order valence-electron chi connectivity index (χ3n) is 5.54. The summed E-state index contributed by atoms with van der Waals surface area (Å²) in [5, 5.41) is 2.88. The van der Waals surface area contributed by atoms with Crippen LogP contribution in [0, 0.1) is 6.92 Å². The van der Waals surface area contributed by atoms with Gasteiger partial charge in [-0.05, 0) is 30.5 Å². The normalized spacial score (nSPS) is 20.2. The number of sulfonamides is 1. The molecule has 1 saturated heterocycles. The lowest BCUT2D eigenvalue weighted by molar-refractivity contribution is -0.153. The lowest BCUT2D eigenvalue weighted by atomic mass is 9.94. The highest BCUT2D eigenvalue weighted by molar-refractivity contribution is 7.88. The van der Waals surface area contributed by atoms with E-state index in [-0.39, 0.29) is 25.5 Å². The van der Waals surface area contributed by atoms with Gasteiger partial charge in [0.05, 0.1) is 12.8 Å². The van der Waals surface area contributed by atoms with Gasteiger partial charge in [-0.3, -0.25) is 9.59 Å². The second kappa shape index (κ2) is 8.57. The summed E-state index contributed by atoms with van der Waals surface area (Å²) in [5.41, 5.74) is 1.50. The van der Waals surface area contributed by atoms with Crippen molar-refractivity contribution >= 4 is 21.8 Å². The van der Waals surface area contributed by atoms with Crippen LogP contribution in [-0.4, -0.2) is 54.3 Å². The number of amides is 2. The van der Waals surface area contributed by atoms with Crippen LogP contribution in [-0.2, 0) is 32.7 Å². The SMILES string of the molecule is Cc1ccccc1CN1C(=O)CN(S(C)(=O)=O)CC1(C)C(=O)NCc1ccccc1. The Kier molecular flexibility index (Phi) is 6.28. The minimum Gasteiger partial charge on any atom is -0.350 e. The van der Waals surface area contributed by atoms with E-state index in [4.69, 9.17) is 0 Å². The summed E-state index contributed by atoms with van der Waals surface area (Å²) in [7, 11) is -3.63. The first kappa shape index (κ1) is 22.0. The Balaban J connectivity index is 1.91. The number of carbonyl (C=O) groups is 2. The number of carbonyl (C=O) groups excluding carboxylic acids is 2. The van der Waals surface area contributed by atoms with Gasteiger partial charge < -0.3 is 10.2 Å². The van der Waals surface area contributed by atoms with Crippen LogP contribution in [0.15, 0.2) is 54.6 Å². The van der Waals surface area contributed by atoms with Gasteiger partial charge in [0.2, 0.25) is 21.8 Å². The summed E-state index contributed by atoms with van der Waals surface area (Å²) in [6.07, 6.45) is 1.06. The first-order chi connectivity index (χ1) is 14.1. The maximum Gasteiger partial charge on any atom is 0.247 e. The zero-order chi connectivity index (χ0) is 21.9. The highest BCUT2D eigenvalue weighted by Gasteiger charge is 2.49. The third kappa shape index (κ3) is 4.71. The van der Waals surface area contributed by atoms with Crippen molar-refractivity contribution in [2.75, 3.05) is 19.3 Å². The molecule has 160 valence electrons. The molecule has 0 radical (unpaired) electrons. The molecule has 0 saturated carbocycles. The van der Waals surface area contributed by atoms with Crippen molar-refractivity contribution in [2.45, 2.75) is 32.5 Å². The van der Waals surface area contributed by atoms with Crippen LogP contribution in [0.4, 0.5) is 0 Å². The minimum atomic E-state index is -3.63. The van der Waals surface area contributed by atoms with E-state index < -0.39 is 21.5 Å². The fourth-order valence-electron chi connectivity index (χ4n) is 3.61. The maximum atomic E-state index is 13.3. The van der Waals surface area contributed by atoms with Crippen LogP contribution in [0.5, 0.6) is 0 Å². The van der Waals surface area contributed by atoms with Gasteiger partial charge in [0.15, 0.2) is 0 Å². The van der Waals surface area contributed by atoms with E-state index in [1.807, 2.05) is 61.5 Å². The molecule has 0 bridgehead atoms. The number of rotatable bonds is 6. The van der Waals surface area contributed by atoms with Crippen LogP contribution < -0.4 is 5.32 Å². The molecule has 0 aliphatic carbocycles. The van der Waals surface area contributed by atoms with Crippen LogP contribution >= 0.6 is 0 Å². The minimum absolute atomic E-state index is 0.0932. The predicted molar refractivity (Wildman–Crippen MR) is 115 cm³/mol. The van der Waals surface area contributed by atoms with E-state index in [2.05, 4.69) is 5.32 Å². The molecule has 30 heavy (non-hydrogen) atoms. The van der Waals surface area contributed by atoms with Crippen molar-refractivity contribution < 1.29 is 18.0 Å². The van der Waals surface area contributed by atoms with E-state index in [0.717, 1.165) is 27.3 Å². The monoisotopic (exact) mass is 429 g/mol. The molecule has 1 heterocycles. The largest absolute Gasteiger partial charge is 0.350 e. The number of piperazine rings is 1. The van der Waals surface area contributed by atoms with Gasteiger partial charge in [0.25, 0.3) is 0 Å². The Morgan fingerprint density at radius 3 is 2.37 bits per heavy atom. The number of hydrogen-bond donors (Lipinski definition) is 1.